The topological polar surface area (TPSA) is 61.4 Å². The van der Waals surface area contributed by atoms with Crippen molar-refractivity contribution in [1.82, 2.24) is 29.5 Å². The van der Waals surface area contributed by atoms with Crippen molar-refractivity contribution in [2.75, 3.05) is 0 Å². The highest BCUT2D eigenvalue weighted by molar-refractivity contribution is 5.66. The van der Waals surface area contributed by atoms with Gasteiger partial charge < -0.3 is 0 Å². The van der Waals surface area contributed by atoms with Crippen molar-refractivity contribution in [2.45, 2.75) is 0 Å². The van der Waals surface area contributed by atoms with Crippen LogP contribution >= 0.6 is 0 Å². The fraction of sp³-hybridized carbons (Fsp3) is 0. The summed E-state index contributed by atoms with van der Waals surface area (Å²) in [5.74, 6) is 0. The largest absolute Gasteiger partial charge is 0.255 e. The molecule has 4 aromatic heterocycles. The van der Waals surface area contributed by atoms with Crippen molar-refractivity contribution in [3.05, 3.63) is 122 Å². The van der Waals surface area contributed by atoms with Gasteiger partial charge in [-0.1, -0.05) is 36.4 Å². The highest BCUT2D eigenvalue weighted by Gasteiger charge is 2.07. The first kappa shape index (κ1) is 19.8. The van der Waals surface area contributed by atoms with Gasteiger partial charge in [0.15, 0.2) is 0 Å². The van der Waals surface area contributed by atoms with Crippen LogP contribution in [0.5, 0.6) is 0 Å². The van der Waals surface area contributed by atoms with Crippen LogP contribution in [0.15, 0.2) is 122 Å². The van der Waals surface area contributed by atoms with E-state index in [-0.39, 0.29) is 0 Å². The maximum Gasteiger partial charge on any atom is 0.111 e. The predicted molar refractivity (Wildman–Crippen MR) is 133 cm³/mol. The minimum atomic E-state index is 0.852. The van der Waals surface area contributed by atoms with Crippen LogP contribution in [-0.2, 0) is 0 Å². The lowest BCUT2D eigenvalue weighted by molar-refractivity contribution is 0.882. The average Bonchev–Trinajstić information content (AvgIpc) is 3.61. The fourth-order valence-electron chi connectivity index (χ4n) is 3.85. The normalized spacial score (nSPS) is 10.9. The molecule has 162 valence electrons. The first-order valence-corrected chi connectivity index (χ1v) is 11.0. The molecule has 34 heavy (non-hydrogen) atoms. The fourth-order valence-corrected chi connectivity index (χ4v) is 3.85. The number of aromatic nitrogens is 6. The molecule has 0 amide bonds. The SMILES string of the molecule is c1ccc(-c2ccn(-c3ccc(-c4ccc(-n5ccc(-c6ccccn6)n5)cc4)cc3)n2)nc1. The summed E-state index contributed by atoms with van der Waals surface area (Å²) in [6, 6.07) is 32.3. The van der Waals surface area contributed by atoms with Crippen molar-refractivity contribution in [2.24, 2.45) is 0 Å². The molecule has 0 spiro atoms. The second-order valence-corrected chi connectivity index (χ2v) is 7.81. The third-order valence-electron chi connectivity index (χ3n) is 5.63. The third-order valence-corrected chi connectivity index (χ3v) is 5.63. The summed E-state index contributed by atoms with van der Waals surface area (Å²) in [6.07, 6.45) is 7.47. The molecule has 6 rings (SSSR count). The lowest BCUT2D eigenvalue weighted by Crippen LogP contribution is -1.96. The minimum absolute atomic E-state index is 0.852. The number of rotatable bonds is 5. The van der Waals surface area contributed by atoms with E-state index in [4.69, 9.17) is 0 Å². The van der Waals surface area contributed by atoms with E-state index in [1.807, 2.05) is 70.3 Å². The molecular weight excluding hydrogens is 420 g/mol. The number of pyridine rings is 2. The van der Waals surface area contributed by atoms with E-state index in [1.54, 1.807) is 12.4 Å². The Kier molecular flexibility index (Phi) is 5.01. The van der Waals surface area contributed by atoms with Crippen LogP contribution in [0.2, 0.25) is 0 Å². The summed E-state index contributed by atoms with van der Waals surface area (Å²) in [5.41, 5.74) is 7.71. The zero-order chi connectivity index (χ0) is 22.7. The van der Waals surface area contributed by atoms with Crippen LogP contribution in [0.1, 0.15) is 0 Å². The molecule has 6 nitrogen and oxygen atoms in total. The summed E-state index contributed by atoms with van der Waals surface area (Å²) >= 11 is 0. The van der Waals surface area contributed by atoms with Gasteiger partial charge in [-0.15, -0.1) is 0 Å². The van der Waals surface area contributed by atoms with E-state index in [2.05, 4.69) is 68.7 Å². The van der Waals surface area contributed by atoms with Crippen LogP contribution in [0.4, 0.5) is 0 Å². The Morgan fingerprint density at radius 3 is 1.24 bits per heavy atom. The molecule has 0 aliphatic rings. The van der Waals surface area contributed by atoms with Crippen LogP contribution < -0.4 is 0 Å². The minimum Gasteiger partial charge on any atom is -0.255 e. The summed E-state index contributed by atoms with van der Waals surface area (Å²) in [4.78, 5) is 8.74. The van der Waals surface area contributed by atoms with Gasteiger partial charge in [0.25, 0.3) is 0 Å². The predicted octanol–water partition coefficient (Wildman–Crippen LogP) is 5.85. The quantitative estimate of drug-likeness (QED) is 0.337. The average molecular weight is 441 g/mol. The molecule has 0 atom stereocenters. The maximum atomic E-state index is 4.66. The van der Waals surface area contributed by atoms with Gasteiger partial charge in [-0.2, -0.15) is 10.2 Å². The molecule has 6 aromatic rings. The summed E-state index contributed by atoms with van der Waals surface area (Å²) in [7, 11) is 0. The molecule has 0 fully saturated rings. The Morgan fingerprint density at radius 2 is 0.853 bits per heavy atom. The number of benzene rings is 2. The first-order valence-electron chi connectivity index (χ1n) is 11.0. The molecule has 0 saturated carbocycles. The molecule has 0 saturated heterocycles. The van der Waals surface area contributed by atoms with Crippen molar-refractivity contribution >= 4 is 0 Å². The molecule has 6 heteroatoms. The van der Waals surface area contributed by atoms with Gasteiger partial charge in [-0.25, -0.2) is 9.36 Å². The van der Waals surface area contributed by atoms with Crippen molar-refractivity contribution in [3.8, 4) is 45.3 Å². The Hall–Kier alpha value is -4.84. The van der Waals surface area contributed by atoms with Crippen LogP contribution in [-0.4, -0.2) is 29.5 Å². The summed E-state index contributed by atoms with van der Waals surface area (Å²) in [5, 5.41) is 9.32. The van der Waals surface area contributed by atoms with Crippen molar-refractivity contribution in [3.63, 3.8) is 0 Å². The van der Waals surface area contributed by atoms with Gasteiger partial charge in [-0.3, -0.25) is 9.97 Å². The molecule has 0 N–H and O–H groups in total. The van der Waals surface area contributed by atoms with E-state index >= 15 is 0 Å². The van der Waals surface area contributed by atoms with Crippen molar-refractivity contribution in [1.29, 1.82) is 0 Å². The Morgan fingerprint density at radius 1 is 0.412 bits per heavy atom. The highest BCUT2D eigenvalue weighted by Crippen LogP contribution is 2.24. The van der Waals surface area contributed by atoms with Gasteiger partial charge in [0.05, 0.1) is 22.8 Å². The molecule has 0 bridgehead atoms. The van der Waals surface area contributed by atoms with Gasteiger partial charge in [0.2, 0.25) is 0 Å². The summed E-state index contributed by atoms with van der Waals surface area (Å²) < 4.78 is 3.74. The number of nitrogens with zero attached hydrogens (tertiary/aromatic N) is 6. The number of hydrogen-bond acceptors (Lipinski definition) is 4. The van der Waals surface area contributed by atoms with E-state index in [0.29, 0.717) is 0 Å². The second-order valence-electron chi connectivity index (χ2n) is 7.81. The van der Waals surface area contributed by atoms with Crippen molar-refractivity contribution < 1.29 is 0 Å². The van der Waals surface area contributed by atoms with E-state index in [1.165, 1.54) is 0 Å². The number of hydrogen-bond donors (Lipinski definition) is 0. The molecule has 0 radical (unpaired) electrons. The Bertz CT molecular complexity index is 1400. The highest BCUT2D eigenvalue weighted by atomic mass is 15.3. The van der Waals surface area contributed by atoms with E-state index in [9.17, 15) is 0 Å². The van der Waals surface area contributed by atoms with E-state index in [0.717, 1.165) is 45.3 Å². The van der Waals surface area contributed by atoms with Crippen LogP contribution in [0.25, 0.3) is 45.3 Å². The Balaban J connectivity index is 1.20. The standard InChI is InChI=1S/C28H20N6/c1-3-17-29-25(5-1)27-15-19-33(31-27)23-11-7-21(8-12-23)22-9-13-24(14-10-22)34-20-16-28(32-34)26-6-2-4-18-30-26/h1-20H. The van der Waals surface area contributed by atoms with Crippen LogP contribution in [0.3, 0.4) is 0 Å². The van der Waals surface area contributed by atoms with Gasteiger partial charge in [-0.05, 0) is 71.8 Å². The van der Waals surface area contributed by atoms with Gasteiger partial charge in [0, 0.05) is 24.8 Å². The molecular formula is C28H20N6. The lowest BCUT2D eigenvalue weighted by Gasteiger charge is -2.07. The molecule has 0 aliphatic carbocycles. The lowest BCUT2D eigenvalue weighted by atomic mass is 10.1. The molecule has 0 unspecified atom stereocenters. The monoisotopic (exact) mass is 440 g/mol. The molecule has 0 aliphatic heterocycles. The second kappa shape index (κ2) is 8.60. The Labute approximate surface area is 196 Å². The van der Waals surface area contributed by atoms with E-state index < -0.39 is 0 Å². The zero-order valence-electron chi connectivity index (χ0n) is 18.2. The third kappa shape index (κ3) is 3.89. The maximum absolute atomic E-state index is 4.66. The summed E-state index contributed by atoms with van der Waals surface area (Å²) in [6.45, 7) is 0. The smallest absolute Gasteiger partial charge is 0.111 e. The van der Waals surface area contributed by atoms with Gasteiger partial charge >= 0.3 is 0 Å². The molecule has 4 heterocycles. The molecule has 2 aromatic carbocycles. The first-order chi connectivity index (χ1) is 16.8. The van der Waals surface area contributed by atoms with Gasteiger partial charge in [0.1, 0.15) is 11.4 Å². The zero-order valence-corrected chi connectivity index (χ0v) is 18.2. The van der Waals surface area contributed by atoms with Crippen LogP contribution in [0, 0.1) is 0 Å².